The average molecular weight is 536 g/mol. The molecule has 0 bridgehead atoms. The van der Waals surface area contributed by atoms with Crippen molar-refractivity contribution >= 4 is 38.9 Å². The van der Waals surface area contributed by atoms with E-state index in [2.05, 4.69) is 30.9 Å². The number of carboxylic acid groups (broad SMARTS) is 1. The molecule has 12 nitrogen and oxygen atoms in total. The topological polar surface area (TPSA) is 186 Å². The normalized spacial score (nSPS) is 23.6. The van der Waals surface area contributed by atoms with E-state index in [0.717, 1.165) is 10.0 Å². The summed E-state index contributed by atoms with van der Waals surface area (Å²) in [5.74, 6) is -0.881. The molecular formula is C21H26BrN7O5. The molecule has 0 amide bonds. The molecule has 0 aliphatic carbocycles. The zero-order chi connectivity index (χ0) is 24.4. The summed E-state index contributed by atoms with van der Waals surface area (Å²) in [6.45, 7) is 1.07. The number of nitrogens with two attached hydrogens (primary N) is 2. The van der Waals surface area contributed by atoms with Crippen LogP contribution in [-0.2, 0) is 16.1 Å². The minimum Gasteiger partial charge on any atom is -0.480 e. The number of carbonyl (C=O) groups is 1. The minimum atomic E-state index is -1.24. The number of ether oxygens (including phenoxy) is 1. The number of nitrogens with zero attached hydrogens (tertiary/aromatic N) is 5. The molecule has 1 aliphatic rings. The summed E-state index contributed by atoms with van der Waals surface area (Å²) >= 11 is 3.41. The number of anilines is 1. The molecule has 7 N–H and O–H groups in total. The summed E-state index contributed by atoms with van der Waals surface area (Å²) in [6.07, 6.45) is -1.19. The maximum atomic E-state index is 11.2. The van der Waals surface area contributed by atoms with Gasteiger partial charge >= 0.3 is 5.97 Å². The van der Waals surface area contributed by atoms with E-state index in [0.29, 0.717) is 24.3 Å². The lowest BCUT2D eigenvalue weighted by atomic mass is 10.1. The minimum absolute atomic E-state index is 0.198. The van der Waals surface area contributed by atoms with Crippen LogP contribution in [0.2, 0.25) is 0 Å². The Morgan fingerprint density at radius 2 is 1.94 bits per heavy atom. The lowest BCUT2D eigenvalue weighted by molar-refractivity contribution is -0.138. The zero-order valence-corrected chi connectivity index (χ0v) is 19.7. The van der Waals surface area contributed by atoms with Crippen molar-refractivity contribution in [2.45, 2.75) is 43.5 Å². The third kappa shape index (κ3) is 5.19. The zero-order valence-electron chi connectivity index (χ0n) is 18.1. The van der Waals surface area contributed by atoms with Crippen molar-refractivity contribution in [1.29, 1.82) is 0 Å². The summed E-state index contributed by atoms with van der Waals surface area (Å²) in [6, 6.07) is 6.70. The van der Waals surface area contributed by atoms with Gasteiger partial charge in [-0.1, -0.05) is 28.1 Å². The van der Waals surface area contributed by atoms with Crippen LogP contribution in [-0.4, -0.2) is 83.2 Å². The first-order chi connectivity index (χ1) is 16.2. The number of halogens is 1. The van der Waals surface area contributed by atoms with Gasteiger partial charge in [-0.3, -0.25) is 14.3 Å². The third-order valence-electron chi connectivity index (χ3n) is 5.83. The van der Waals surface area contributed by atoms with Gasteiger partial charge in [0.1, 0.15) is 36.2 Å². The van der Waals surface area contributed by atoms with Crippen LogP contribution in [0.25, 0.3) is 11.2 Å². The molecule has 1 saturated heterocycles. The molecule has 0 saturated carbocycles. The second-order valence-electron chi connectivity index (χ2n) is 8.22. The van der Waals surface area contributed by atoms with E-state index in [4.69, 9.17) is 21.3 Å². The number of rotatable bonds is 9. The largest absolute Gasteiger partial charge is 0.480 e. The van der Waals surface area contributed by atoms with Crippen molar-refractivity contribution < 1.29 is 24.9 Å². The lowest BCUT2D eigenvalue weighted by Gasteiger charge is -2.27. The molecule has 182 valence electrons. The standard InChI is InChI=1S/C21H26BrN7O5/c22-12-3-1-11(2-4-12)7-28(6-5-13(23)21(32)33)8-14-16(30)17(31)20(34-14)29-10-27-15-18(24)25-9-26-19(15)29/h1-4,9-10,13-14,16-17,20,30-31H,5-8,23H2,(H,32,33)(H2,24,25,26)/t13-,14+,16+,17+,20+/m0/s1. The number of aromatic nitrogens is 4. The van der Waals surface area contributed by atoms with E-state index in [-0.39, 0.29) is 18.8 Å². The number of carboxylic acids is 1. The first-order valence-corrected chi connectivity index (χ1v) is 11.4. The van der Waals surface area contributed by atoms with Crippen molar-refractivity contribution in [1.82, 2.24) is 24.4 Å². The highest BCUT2D eigenvalue weighted by atomic mass is 79.9. The van der Waals surface area contributed by atoms with Crippen LogP contribution in [0.1, 0.15) is 18.2 Å². The third-order valence-corrected chi connectivity index (χ3v) is 6.36. The number of aliphatic hydroxyl groups is 2. The number of hydrogen-bond donors (Lipinski definition) is 5. The van der Waals surface area contributed by atoms with E-state index in [1.54, 1.807) is 0 Å². The van der Waals surface area contributed by atoms with Crippen molar-refractivity contribution in [2.24, 2.45) is 5.73 Å². The van der Waals surface area contributed by atoms with Crippen LogP contribution >= 0.6 is 15.9 Å². The van der Waals surface area contributed by atoms with Crippen LogP contribution in [0, 0.1) is 0 Å². The maximum Gasteiger partial charge on any atom is 0.320 e. The predicted molar refractivity (Wildman–Crippen MR) is 125 cm³/mol. The molecule has 0 spiro atoms. The van der Waals surface area contributed by atoms with Crippen molar-refractivity contribution in [2.75, 3.05) is 18.8 Å². The Kier molecular flexibility index (Phi) is 7.40. The molecule has 2 aromatic heterocycles. The highest BCUT2D eigenvalue weighted by Crippen LogP contribution is 2.32. The Morgan fingerprint density at radius 3 is 2.65 bits per heavy atom. The molecule has 34 heavy (non-hydrogen) atoms. The predicted octanol–water partition coefficient (Wildman–Crippen LogP) is 0.0944. The smallest absolute Gasteiger partial charge is 0.320 e. The number of hydrogen-bond acceptors (Lipinski definition) is 10. The van der Waals surface area contributed by atoms with E-state index in [1.807, 2.05) is 29.2 Å². The number of benzene rings is 1. The van der Waals surface area contributed by atoms with Crippen LogP contribution in [0.5, 0.6) is 0 Å². The molecule has 1 fully saturated rings. The number of nitrogen functional groups attached to an aromatic ring is 1. The van der Waals surface area contributed by atoms with E-state index >= 15 is 0 Å². The van der Waals surface area contributed by atoms with Crippen molar-refractivity contribution in [3.05, 3.63) is 47.0 Å². The maximum absolute atomic E-state index is 11.2. The van der Waals surface area contributed by atoms with Gasteiger partial charge in [-0.15, -0.1) is 0 Å². The van der Waals surface area contributed by atoms with E-state index in [9.17, 15) is 15.0 Å². The Balaban J connectivity index is 1.51. The average Bonchev–Trinajstić information content (AvgIpc) is 3.36. The van der Waals surface area contributed by atoms with Crippen molar-refractivity contribution in [3.8, 4) is 0 Å². The summed E-state index contributed by atoms with van der Waals surface area (Å²) in [5, 5.41) is 30.6. The Bertz CT molecular complexity index is 1140. The summed E-state index contributed by atoms with van der Waals surface area (Å²) in [4.78, 5) is 25.4. The summed E-state index contributed by atoms with van der Waals surface area (Å²) < 4.78 is 8.50. The highest BCUT2D eigenvalue weighted by Gasteiger charge is 2.44. The van der Waals surface area contributed by atoms with Gasteiger partial charge in [0.2, 0.25) is 0 Å². The fraction of sp³-hybridized carbons (Fsp3) is 0.429. The van der Waals surface area contributed by atoms with Crippen LogP contribution in [0.4, 0.5) is 5.82 Å². The summed E-state index contributed by atoms with van der Waals surface area (Å²) in [5.41, 5.74) is 13.3. The van der Waals surface area contributed by atoms with Gasteiger partial charge in [0.05, 0.1) is 6.33 Å². The second kappa shape index (κ2) is 10.3. The highest BCUT2D eigenvalue weighted by molar-refractivity contribution is 9.10. The molecule has 4 rings (SSSR count). The summed E-state index contributed by atoms with van der Waals surface area (Å²) in [7, 11) is 0. The Labute approximate surface area is 203 Å². The van der Waals surface area contributed by atoms with Gasteiger partial charge in [0.15, 0.2) is 17.7 Å². The van der Waals surface area contributed by atoms with Gasteiger partial charge in [-0.2, -0.15) is 0 Å². The molecule has 13 heteroatoms. The number of imidazole rings is 1. The van der Waals surface area contributed by atoms with Gasteiger partial charge in [-0.05, 0) is 24.1 Å². The monoisotopic (exact) mass is 535 g/mol. The van der Waals surface area contributed by atoms with Crippen molar-refractivity contribution in [3.63, 3.8) is 0 Å². The Hall–Kier alpha value is -2.68. The molecule has 3 aromatic rings. The van der Waals surface area contributed by atoms with Gasteiger partial charge in [0.25, 0.3) is 0 Å². The van der Waals surface area contributed by atoms with Crippen LogP contribution < -0.4 is 11.5 Å². The molecule has 1 aliphatic heterocycles. The van der Waals surface area contributed by atoms with Gasteiger partial charge < -0.3 is 31.5 Å². The quantitative estimate of drug-likeness (QED) is 0.250. The fourth-order valence-electron chi connectivity index (χ4n) is 3.95. The van der Waals surface area contributed by atoms with E-state index in [1.165, 1.54) is 17.2 Å². The first kappa shape index (κ1) is 24.4. The van der Waals surface area contributed by atoms with Gasteiger partial charge in [-0.25, -0.2) is 15.0 Å². The number of aliphatic hydroxyl groups excluding tert-OH is 2. The SMILES string of the molecule is Nc1ncnc2c1ncn2[C@@H]1O[C@H](CN(CC[C@H](N)C(=O)O)Cc2ccc(Br)cc2)[C@@H](O)[C@H]1O. The van der Waals surface area contributed by atoms with E-state index < -0.39 is 36.6 Å². The Morgan fingerprint density at radius 1 is 1.21 bits per heavy atom. The molecule has 0 unspecified atom stereocenters. The number of fused-ring (bicyclic) bond motifs is 1. The van der Waals surface area contributed by atoms with Crippen LogP contribution in [0.3, 0.4) is 0 Å². The molecule has 5 atom stereocenters. The van der Waals surface area contributed by atoms with Crippen LogP contribution in [0.15, 0.2) is 41.4 Å². The fourth-order valence-corrected chi connectivity index (χ4v) is 4.21. The first-order valence-electron chi connectivity index (χ1n) is 10.6. The molecule has 0 radical (unpaired) electrons. The number of aliphatic carboxylic acids is 1. The lowest BCUT2D eigenvalue weighted by Crippen LogP contribution is -2.42. The molecule has 3 heterocycles. The molecular weight excluding hydrogens is 510 g/mol. The molecule has 1 aromatic carbocycles. The second-order valence-corrected chi connectivity index (χ2v) is 9.14. The van der Waals surface area contributed by atoms with Gasteiger partial charge in [0, 0.05) is 24.1 Å².